The SMILES string of the molecule is COS(=O)(=O)CC[n+]1ccc(-c2nccc(N(C)C)n2)cn1. The van der Waals surface area contributed by atoms with E-state index in [9.17, 15) is 8.42 Å². The molecule has 0 aliphatic heterocycles. The Bertz CT molecular complexity index is 732. The molecule has 0 unspecified atom stereocenters. The van der Waals surface area contributed by atoms with Crippen LogP contribution in [0.15, 0.2) is 30.7 Å². The molecule has 0 radical (unpaired) electrons. The molecule has 2 rings (SSSR count). The summed E-state index contributed by atoms with van der Waals surface area (Å²) in [5, 5.41) is 4.17. The number of nitrogens with zero attached hydrogens (tertiary/aromatic N) is 5. The lowest BCUT2D eigenvalue weighted by Crippen LogP contribution is -2.40. The zero-order chi connectivity index (χ0) is 16.2. The lowest BCUT2D eigenvalue weighted by Gasteiger charge is -2.11. The summed E-state index contributed by atoms with van der Waals surface area (Å²) in [6.07, 6.45) is 4.98. The summed E-state index contributed by atoms with van der Waals surface area (Å²) >= 11 is 0. The van der Waals surface area contributed by atoms with E-state index in [0.29, 0.717) is 5.82 Å². The second kappa shape index (κ2) is 6.75. The standard InChI is InChI=1S/C13H18N5O3S/c1-17(2)12-4-6-14-13(16-12)11-5-7-18(15-10-11)8-9-22(19,20)21-3/h4-7,10H,8-9H2,1-3H3/q+1. The van der Waals surface area contributed by atoms with Gasteiger partial charge in [-0.2, -0.15) is 8.42 Å². The first-order chi connectivity index (χ1) is 10.4. The van der Waals surface area contributed by atoms with E-state index in [-0.39, 0.29) is 12.3 Å². The van der Waals surface area contributed by atoms with Crippen LogP contribution in [0.2, 0.25) is 0 Å². The first-order valence-corrected chi connectivity index (χ1v) is 8.14. The molecule has 22 heavy (non-hydrogen) atoms. The molecule has 0 atom stereocenters. The molecular weight excluding hydrogens is 306 g/mol. The van der Waals surface area contributed by atoms with Crippen molar-refractivity contribution in [1.82, 2.24) is 15.1 Å². The minimum atomic E-state index is -3.49. The molecule has 0 aliphatic rings. The second-order valence-corrected chi connectivity index (χ2v) is 6.60. The quantitative estimate of drug-likeness (QED) is 0.540. The van der Waals surface area contributed by atoms with Crippen LogP contribution in [0.5, 0.6) is 0 Å². The van der Waals surface area contributed by atoms with E-state index in [1.165, 1.54) is 4.68 Å². The number of aryl methyl sites for hydroxylation is 1. The number of hydrogen-bond donors (Lipinski definition) is 0. The van der Waals surface area contributed by atoms with Crippen LogP contribution in [-0.2, 0) is 20.8 Å². The third-order valence-corrected chi connectivity index (χ3v) is 4.14. The van der Waals surface area contributed by atoms with Crippen molar-refractivity contribution < 1.29 is 17.3 Å². The first kappa shape index (κ1) is 16.2. The Kier molecular flexibility index (Phi) is 4.99. The molecule has 0 saturated carbocycles. The van der Waals surface area contributed by atoms with Gasteiger partial charge in [0.05, 0.1) is 7.11 Å². The molecule has 0 bridgehead atoms. The Morgan fingerprint density at radius 1 is 1.32 bits per heavy atom. The molecule has 9 heteroatoms. The van der Waals surface area contributed by atoms with Crippen molar-refractivity contribution in [2.75, 3.05) is 31.9 Å². The largest absolute Gasteiger partial charge is 0.363 e. The molecule has 0 fully saturated rings. The van der Waals surface area contributed by atoms with E-state index < -0.39 is 10.1 Å². The van der Waals surface area contributed by atoms with E-state index in [1.807, 2.05) is 25.1 Å². The van der Waals surface area contributed by atoms with Gasteiger partial charge in [0.25, 0.3) is 10.1 Å². The van der Waals surface area contributed by atoms with Gasteiger partial charge in [0.15, 0.2) is 18.6 Å². The predicted molar refractivity (Wildman–Crippen MR) is 80.6 cm³/mol. The number of aromatic nitrogens is 4. The zero-order valence-electron chi connectivity index (χ0n) is 12.7. The van der Waals surface area contributed by atoms with Crippen LogP contribution >= 0.6 is 0 Å². The third kappa shape index (κ3) is 4.18. The number of hydrogen-bond acceptors (Lipinski definition) is 7. The Morgan fingerprint density at radius 3 is 2.68 bits per heavy atom. The Hall–Kier alpha value is -2.13. The van der Waals surface area contributed by atoms with Gasteiger partial charge in [-0.3, -0.25) is 4.18 Å². The maximum atomic E-state index is 11.3. The zero-order valence-corrected chi connectivity index (χ0v) is 13.5. The Labute approximate surface area is 129 Å². The van der Waals surface area contributed by atoms with Crippen molar-refractivity contribution in [3.05, 3.63) is 30.7 Å². The number of rotatable bonds is 6. The molecule has 2 heterocycles. The lowest BCUT2D eigenvalue weighted by atomic mass is 10.3. The van der Waals surface area contributed by atoms with E-state index in [0.717, 1.165) is 18.5 Å². The van der Waals surface area contributed by atoms with Crippen LogP contribution in [0.1, 0.15) is 0 Å². The van der Waals surface area contributed by atoms with Gasteiger partial charge < -0.3 is 4.90 Å². The molecule has 0 aliphatic carbocycles. The second-order valence-electron chi connectivity index (χ2n) is 4.74. The fourth-order valence-corrected chi connectivity index (χ4v) is 2.25. The third-order valence-electron chi connectivity index (χ3n) is 2.95. The highest BCUT2D eigenvalue weighted by atomic mass is 32.2. The van der Waals surface area contributed by atoms with E-state index in [2.05, 4.69) is 19.2 Å². The Morgan fingerprint density at radius 2 is 2.09 bits per heavy atom. The molecule has 2 aromatic rings. The van der Waals surface area contributed by atoms with E-state index in [4.69, 9.17) is 0 Å². The minimum absolute atomic E-state index is 0.132. The van der Waals surface area contributed by atoms with Crippen LogP contribution in [-0.4, -0.2) is 50.4 Å². The van der Waals surface area contributed by atoms with Crippen LogP contribution in [0.3, 0.4) is 0 Å². The molecule has 2 aromatic heterocycles. The average molecular weight is 324 g/mol. The van der Waals surface area contributed by atoms with Gasteiger partial charge in [0, 0.05) is 31.9 Å². The number of anilines is 1. The van der Waals surface area contributed by atoms with Crippen LogP contribution in [0, 0.1) is 0 Å². The van der Waals surface area contributed by atoms with E-state index >= 15 is 0 Å². The van der Waals surface area contributed by atoms with Gasteiger partial charge in [-0.05, 0) is 11.2 Å². The minimum Gasteiger partial charge on any atom is -0.363 e. The molecule has 0 saturated heterocycles. The van der Waals surface area contributed by atoms with Crippen molar-refractivity contribution in [3.8, 4) is 11.4 Å². The summed E-state index contributed by atoms with van der Waals surface area (Å²) in [5.74, 6) is 1.23. The van der Waals surface area contributed by atoms with Gasteiger partial charge in [-0.15, -0.1) is 0 Å². The average Bonchev–Trinajstić information content (AvgIpc) is 2.53. The lowest BCUT2D eigenvalue weighted by molar-refractivity contribution is -0.750. The first-order valence-electron chi connectivity index (χ1n) is 6.56. The summed E-state index contributed by atoms with van der Waals surface area (Å²) in [6, 6.07) is 3.61. The fraction of sp³-hybridized carbons (Fsp3) is 0.385. The normalized spacial score (nSPS) is 11.4. The van der Waals surface area contributed by atoms with Gasteiger partial charge in [0.1, 0.15) is 17.8 Å². The highest BCUT2D eigenvalue weighted by Crippen LogP contribution is 2.14. The van der Waals surface area contributed by atoms with Gasteiger partial charge >= 0.3 is 0 Å². The van der Waals surface area contributed by atoms with Crippen LogP contribution in [0.4, 0.5) is 5.82 Å². The highest BCUT2D eigenvalue weighted by molar-refractivity contribution is 7.86. The van der Waals surface area contributed by atoms with Crippen molar-refractivity contribution in [2.45, 2.75) is 6.54 Å². The molecule has 0 aromatic carbocycles. The summed E-state index contributed by atoms with van der Waals surface area (Å²) < 4.78 is 28.5. The van der Waals surface area contributed by atoms with Crippen molar-refractivity contribution >= 4 is 15.9 Å². The summed E-state index contributed by atoms with van der Waals surface area (Å²) in [5.41, 5.74) is 0.759. The molecule has 118 valence electrons. The molecule has 0 amide bonds. The van der Waals surface area contributed by atoms with Crippen molar-refractivity contribution in [3.63, 3.8) is 0 Å². The Balaban J connectivity index is 2.13. The van der Waals surface area contributed by atoms with Gasteiger partial charge in [0.2, 0.25) is 0 Å². The maximum Gasteiger partial charge on any atom is 0.273 e. The molecular formula is C13H18N5O3S+. The molecule has 0 spiro atoms. The van der Waals surface area contributed by atoms with Crippen LogP contribution in [0.25, 0.3) is 11.4 Å². The summed E-state index contributed by atoms with van der Waals surface area (Å²) in [4.78, 5) is 10.5. The van der Waals surface area contributed by atoms with Crippen LogP contribution < -0.4 is 9.58 Å². The molecule has 0 N–H and O–H groups in total. The highest BCUT2D eigenvalue weighted by Gasteiger charge is 2.14. The smallest absolute Gasteiger partial charge is 0.273 e. The van der Waals surface area contributed by atoms with Crippen molar-refractivity contribution in [1.29, 1.82) is 0 Å². The molecule has 8 nitrogen and oxygen atoms in total. The predicted octanol–water partition coefficient (Wildman–Crippen LogP) is -0.132. The van der Waals surface area contributed by atoms with Gasteiger partial charge in [-0.25, -0.2) is 9.97 Å². The maximum absolute atomic E-state index is 11.3. The van der Waals surface area contributed by atoms with Gasteiger partial charge in [-0.1, -0.05) is 4.68 Å². The summed E-state index contributed by atoms with van der Waals surface area (Å²) in [6.45, 7) is 0.217. The van der Waals surface area contributed by atoms with E-state index in [1.54, 1.807) is 24.7 Å². The van der Waals surface area contributed by atoms with Crippen molar-refractivity contribution in [2.24, 2.45) is 0 Å². The monoisotopic (exact) mass is 324 g/mol. The fourth-order valence-electron chi connectivity index (χ4n) is 1.67. The summed E-state index contributed by atoms with van der Waals surface area (Å²) in [7, 11) is 1.46. The topological polar surface area (TPSA) is 89.2 Å².